The van der Waals surface area contributed by atoms with Gasteiger partial charge in [-0.1, -0.05) is 11.6 Å². The number of imidazole rings is 1. The molecule has 2 aromatic rings. The highest BCUT2D eigenvalue weighted by molar-refractivity contribution is 6.33. The molecule has 1 aliphatic rings. The van der Waals surface area contributed by atoms with Gasteiger partial charge in [0.15, 0.2) is 17.3 Å². The van der Waals surface area contributed by atoms with Crippen LogP contribution in [-0.2, 0) is 4.79 Å². The van der Waals surface area contributed by atoms with Crippen LogP contribution in [0.4, 0.5) is 14.5 Å². The van der Waals surface area contributed by atoms with Gasteiger partial charge in [0.25, 0.3) is 11.8 Å². The average molecular weight is 440 g/mol. The zero-order chi connectivity index (χ0) is 22.0. The first-order valence-electron chi connectivity index (χ1n) is 9.27. The van der Waals surface area contributed by atoms with E-state index < -0.39 is 23.4 Å². The normalized spacial score (nSPS) is 18.7. The van der Waals surface area contributed by atoms with E-state index in [2.05, 4.69) is 15.6 Å². The fourth-order valence-corrected chi connectivity index (χ4v) is 3.83. The Balaban J connectivity index is 1.69. The lowest BCUT2D eigenvalue weighted by Crippen LogP contribution is -2.30. The number of amides is 3. The summed E-state index contributed by atoms with van der Waals surface area (Å²) in [5.74, 6) is -4.21. The van der Waals surface area contributed by atoms with E-state index >= 15 is 0 Å². The van der Waals surface area contributed by atoms with Crippen LogP contribution in [0.25, 0.3) is 0 Å². The van der Waals surface area contributed by atoms with E-state index in [1.807, 2.05) is 0 Å². The number of carbonyl (C=O) groups excluding carboxylic acids is 3. The summed E-state index contributed by atoms with van der Waals surface area (Å²) < 4.78 is 28.2. The van der Waals surface area contributed by atoms with Crippen LogP contribution in [0.15, 0.2) is 18.5 Å². The van der Waals surface area contributed by atoms with Crippen molar-refractivity contribution < 1.29 is 23.2 Å². The van der Waals surface area contributed by atoms with E-state index in [1.54, 1.807) is 4.57 Å². The van der Waals surface area contributed by atoms with Gasteiger partial charge in [0.1, 0.15) is 5.69 Å². The number of nitrogens with zero attached hydrogens (tertiary/aromatic N) is 2. The first-order valence-corrected chi connectivity index (χ1v) is 9.64. The fourth-order valence-electron chi connectivity index (χ4n) is 3.64. The molecule has 1 aliphatic carbocycles. The Morgan fingerprint density at radius 1 is 1.17 bits per heavy atom. The van der Waals surface area contributed by atoms with Crippen molar-refractivity contribution in [2.75, 3.05) is 12.4 Å². The van der Waals surface area contributed by atoms with Gasteiger partial charge in [0.05, 0.1) is 17.0 Å². The molecule has 0 unspecified atom stereocenters. The van der Waals surface area contributed by atoms with E-state index in [0.717, 1.165) is 12.1 Å². The van der Waals surface area contributed by atoms with Crippen LogP contribution in [0.3, 0.4) is 0 Å². The molecule has 0 spiro atoms. The van der Waals surface area contributed by atoms with E-state index in [-0.39, 0.29) is 40.0 Å². The third-order valence-corrected chi connectivity index (χ3v) is 5.51. The van der Waals surface area contributed by atoms with Gasteiger partial charge in [-0.05, 0) is 31.7 Å². The lowest BCUT2D eigenvalue weighted by molar-refractivity contribution is -0.121. The number of anilines is 1. The predicted molar refractivity (Wildman–Crippen MR) is 105 cm³/mol. The molecule has 11 heteroatoms. The Labute approximate surface area is 175 Å². The van der Waals surface area contributed by atoms with Crippen LogP contribution < -0.4 is 16.4 Å². The van der Waals surface area contributed by atoms with E-state index in [4.69, 9.17) is 17.3 Å². The summed E-state index contributed by atoms with van der Waals surface area (Å²) in [6, 6.07) is 1.48. The molecule has 1 fully saturated rings. The first kappa shape index (κ1) is 21.7. The summed E-state index contributed by atoms with van der Waals surface area (Å²) in [5, 5.41) is 4.85. The van der Waals surface area contributed by atoms with Crippen molar-refractivity contribution in [3.63, 3.8) is 0 Å². The summed E-state index contributed by atoms with van der Waals surface area (Å²) in [7, 11) is 1.43. The van der Waals surface area contributed by atoms with Crippen molar-refractivity contribution in [2.45, 2.75) is 31.7 Å². The highest BCUT2D eigenvalue weighted by Gasteiger charge is 2.31. The molecule has 1 heterocycles. The maximum Gasteiger partial charge on any atom is 0.272 e. The number of aromatic nitrogens is 2. The number of hydrogen-bond acceptors (Lipinski definition) is 4. The summed E-state index contributed by atoms with van der Waals surface area (Å²) in [4.78, 5) is 40.3. The summed E-state index contributed by atoms with van der Waals surface area (Å²) in [6.07, 6.45) is 3.42. The molecule has 4 N–H and O–H groups in total. The molecule has 0 bridgehead atoms. The Hall–Kier alpha value is -3.01. The molecule has 1 aromatic carbocycles. The van der Waals surface area contributed by atoms with Crippen LogP contribution in [-0.4, -0.2) is 34.3 Å². The summed E-state index contributed by atoms with van der Waals surface area (Å²) in [6.45, 7) is 0. The molecule has 0 atom stereocenters. The fraction of sp³-hybridized carbons (Fsp3) is 0.368. The monoisotopic (exact) mass is 439 g/mol. The van der Waals surface area contributed by atoms with Crippen molar-refractivity contribution in [3.8, 4) is 0 Å². The maximum atomic E-state index is 13.4. The molecule has 0 radical (unpaired) electrons. The Morgan fingerprint density at radius 2 is 1.80 bits per heavy atom. The van der Waals surface area contributed by atoms with Crippen molar-refractivity contribution in [3.05, 3.63) is 46.5 Å². The van der Waals surface area contributed by atoms with Gasteiger partial charge in [-0.15, -0.1) is 0 Å². The van der Waals surface area contributed by atoms with E-state index in [1.165, 1.54) is 13.4 Å². The Bertz CT molecular complexity index is 1000. The number of hydrogen-bond donors (Lipinski definition) is 3. The lowest BCUT2D eigenvalue weighted by Gasteiger charge is -2.29. The summed E-state index contributed by atoms with van der Waals surface area (Å²) >= 11 is 5.87. The molecule has 30 heavy (non-hydrogen) atoms. The van der Waals surface area contributed by atoms with Gasteiger partial charge in [0.2, 0.25) is 5.91 Å². The quantitative estimate of drug-likeness (QED) is 0.620. The van der Waals surface area contributed by atoms with E-state index in [0.29, 0.717) is 25.7 Å². The standard InChI is InChI=1S/C19H20ClF2N5O3/c1-24-19(30)15-16(17(23)28)27(8-25-15)10-4-2-9(3-5-10)18(29)26-14-7-13(22)12(21)6-11(14)20/h6-10H,2-5H2,1H3,(H2,23,28)(H,24,30)(H,26,29)/t9-,10-. The predicted octanol–water partition coefficient (Wildman–Crippen LogP) is 2.64. The minimum absolute atomic E-state index is 0.00327. The van der Waals surface area contributed by atoms with E-state index in [9.17, 15) is 23.2 Å². The molecular formula is C19H20ClF2N5O3. The lowest BCUT2D eigenvalue weighted by atomic mass is 9.85. The molecule has 3 rings (SSSR count). The summed E-state index contributed by atoms with van der Waals surface area (Å²) in [5.41, 5.74) is 5.43. The van der Waals surface area contributed by atoms with Gasteiger partial charge in [-0.25, -0.2) is 13.8 Å². The second-order valence-electron chi connectivity index (χ2n) is 7.03. The number of nitrogens with two attached hydrogens (primary N) is 1. The molecule has 3 amide bonds. The van der Waals surface area contributed by atoms with Crippen molar-refractivity contribution in [2.24, 2.45) is 11.7 Å². The smallest absolute Gasteiger partial charge is 0.272 e. The minimum atomic E-state index is -1.11. The molecule has 0 aliphatic heterocycles. The second-order valence-corrected chi connectivity index (χ2v) is 7.44. The molecule has 160 valence electrons. The Kier molecular flexibility index (Phi) is 6.35. The minimum Gasteiger partial charge on any atom is -0.364 e. The average Bonchev–Trinajstić information content (AvgIpc) is 3.17. The van der Waals surface area contributed by atoms with Gasteiger partial charge < -0.3 is 20.9 Å². The number of benzene rings is 1. The number of carbonyl (C=O) groups is 3. The topological polar surface area (TPSA) is 119 Å². The molecule has 1 saturated carbocycles. The van der Waals surface area contributed by atoms with Crippen LogP contribution >= 0.6 is 11.6 Å². The van der Waals surface area contributed by atoms with Crippen molar-refractivity contribution in [1.82, 2.24) is 14.9 Å². The second kappa shape index (κ2) is 8.78. The largest absolute Gasteiger partial charge is 0.364 e. The number of halogens is 3. The van der Waals surface area contributed by atoms with Gasteiger partial charge in [-0.2, -0.15) is 0 Å². The zero-order valence-corrected chi connectivity index (χ0v) is 16.8. The van der Waals surface area contributed by atoms with Crippen LogP contribution in [0.5, 0.6) is 0 Å². The highest BCUT2D eigenvalue weighted by atomic mass is 35.5. The molecule has 1 aromatic heterocycles. The number of primary amides is 1. The van der Waals surface area contributed by atoms with Crippen molar-refractivity contribution in [1.29, 1.82) is 0 Å². The van der Waals surface area contributed by atoms with Crippen LogP contribution in [0, 0.1) is 17.6 Å². The van der Waals surface area contributed by atoms with Gasteiger partial charge in [0, 0.05) is 25.1 Å². The van der Waals surface area contributed by atoms with Gasteiger partial charge >= 0.3 is 0 Å². The van der Waals surface area contributed by atoms with Crippen LogP contribution in [0.1, 0.15) is 52.7 Å². The number of nitrogens with one attached hydrogen (secondary N) is 2. The third kappa shape index (κ3) is 4.28. The van der Waals surface area contributed by atoms with Crippen LogP contribution in [0.2, 0.25) is 5.02 Å². The zero-order valence-electron chi connectivity index (χ0n) is 16.0. The Morgan fingerprint density at radius 3 is 2.40 bits per heavy atom. The third-order valence-electron chi connectivity index (χ3n) is 5.20. The maximum absolute atomic E-state index is 13.4. The highest BCUT2D eigenvalue weighted by Crippen LogP contribution is 2.35. The molecule has 0 saturated heterocycles. The molecular weight excluding hydrogens is 420 g/mol. The first-order chi connectivity index (χ1) is 14.2. The van der Waals surface area contributed by atoms with Crippen molar-refractivity contribution >= 4 is 35.0 Å². The van der Waals surface area contributed by atoms with Gasteiger partial charge in [-0.3, -0.25) is 14.4 Å². The molecule has 8 nitrogen and oxygen atoms in total. The number of rotatable bonds is 5. The SMILES string of the molecule is CNC(=O)c1ncn([C@H]2CC[C@H](C(=O)Nc3cc(F)c(F)cc3Cl)CC2)c1C(N)=O.